The predicted molar refractivity (Wildman–Crippen MR) is 142 cm³/mol. The van der Waals surface area contributed by atoms with E-state index < -0.39 is 12.1 Å². The monoisotopic (exact) mass is 553 g/mol. The fourth-order valence-electron chi connectivity index (χ4n) is 6.15. The number of carboxylic acids is 1. The van der Waals surface area contributed by atoms with E-state index in [4.69, 9.17) is 9.90 Å². The summed E-state index contributed by atoms with van der Waals surface area (Å²) in [6.07, 6.45) is 2.19. The second-order valence-corrected chi connectivity index (χ2v) is 11.1. The van der Waals surface area contributed by atoms with Crippen LogP contribution in [0.2, 0.25) is 0 Å². The maximum Gasteiger partial charge on any atom is 0.490 e. The molecule has 3 fully saturated rings. The van der Waals surface area contributed by atoms with Crippen LogP contribution in [0, 0.1) is 23.7 Å². The molecule has 4 rings (SSSR count). The SMILES string of the molecule is CCC(CC)C(=O)N1CC2CN(CCC(NC(=O)C3CCCC3)c3ccccc3)C[C@H]2C1.O=C(O)C(F)(F)F. The summed E-state index contributed by atoms with van der Waals surface area (Å²) < 4.78 is 31.7. The van der Waals surface area contributed by atoms with Gasteiger partial charge in [-0.2, -0.15) is 13.2 Å². The second-order valence-electron chi connectivity index (χ2n) is 11.1. The van der Waals surface area contributed by atoms with Crippen molar-refractivity contribution in [1.82, 2.24) is 15.1 Å². The molecule has 1 saturated carbocycles. The Morgan fingerprint density at radius 1 is 0.974 bits per heavy atom. The Morgan fingerprint density at radius 3 is 2.00 bits per heavy atom. The Bertz CT molecular complexity index is 935. The molecule has 1 aliphatic carbocycles. The molecule has 0 bridgehead atoms. The minimum Gasteiger partial charge on any atom is -0.475 e. The Kier molecular flexibility index (Phi) is 11.2. The fraction of sp³-hybridized carbons (Fsp3) is 0.690. The molecule has 3 aliphatic rings. The number of nitrogens with zero attached hydrogens (tertiary/aromatic N) is 2. The molecule has 218 valence electrons. The molecule has 2 heterocycles. The maximum absolute atomic E-state index is 12.8. The van der Waals surface area contributed by atoms with Gasteiger partial charge in [0.1, 0.15) is 0 Å². The summed E-state index contributed by atoms with van der Waals surface area (Å²) in [5.41, 5.74) is 1.21. The fourth-order valence-corrected chi connectivity index (χ4v) is 6.15. The maximum atomic E-state index is 12.8. The first-order valence-corrected chi connectivity index (χ1v) is 14.2. The van der Waals surface area contributed by atoms with Crippen LogP contribution in [0.3, 0.4) is 0 Å². The standard InChI is InChI=1S/C27H41N3O2.C2HF3O2/c1-3-20(4-2)27(32)30-18-23-16-29(17-24(23)19-30)15-14-25(21-10-6-5-7-11-21)28-26(31)22-12-8-9-13-22;3-2(4,5)1(6)7/h5-7,10-11,20,22-25H,3-4,8-9,12-19H2,1-2H3,(H,28,31);(H,6,7)/t23-,24?,25?;/m0./s1. The largest absolute Gasteiger partial charge is 0.490 e. The van der Waals surface area contributed by atoms with E-state index in [2.05, 4.69) is 53.2 Å². The van der Waals surface area contributed by atoms with E-state index in [0.29, 0.717) is 17.7 Å². The normalized spacial score (nSPS) is 22.4. The van der Waals surface area contributed by atoms with Crippen molar-refractivity contribution in [1.29, 1.82) is 0 Å². The summed E-state index contributed by atoms with van der Waals surface area (Å²) in [6.45, 7) is 9.26. The molecule has 0 spiro atoms. The van der Waals surface area contributed by atoms with Gasteiger partial charge in [0, 0.05) is 44.6 Å². The first-order chi connectivity index (χ1) is 18.5. The summed E-state index contributed by atoms with van der Waals surface area (Å²) in [4.78, 5) is 39.2. The van der Waals surface area contributed by atoms with Gasteiger partial charge in [0.2, 0.25) is 11.8 Å². The third kappa shape index (κ3) is 8.68. The minimum absolute atomic E-state index is 0.0812. The van der Waals surface area contributed by atoms with Gasteiger partial charge >= 0.3 is 12.1 Å². The zero-order valence-electron chi connectivity index (χ0n) is 23.0. The van der Waals surface area contributed by atoms with Crippen molar-refractivity contribution in [3.05, 3.63) is 35.9 Å². The van der Waals surface area contributed by atoms with Gasteiger partial charge in [-0.3, -0.25) is 9.59 Å². The highest BCUT2D eigenvalue weighted by Crippen LogP contribution is 2.33. The number of amides is 2. The average molecular weight is 554 g/mol. The quantitative estimate of drug-likeness (QED) is 0.455. The van der Waals surface area contributed by atoms with Crippen molar-refractivity contribution < 1.29 is 32.7 Å². The van der Waals surface area contributed by atoms with E-state index in [1.807, 2.05) is 6.07 Å². The molecule has 1 aromatic rings. The lowest BCUT2D eigenvalue weighted by Crippen LogP contribution is -2.38. The number of fused-ring (bicyclic) bond motifs is 1. The molecule has 0 aromatic heterocycles. The molecule has 2 aliphatic heterocycles. The van der Waals surface area contributed by atoms with Crippen molar-refractivity contribution >= 4 is 17.8 Å². The van der Waals surface area contributed by atoms with Gasteiger partial charge in [-0.1, -0.05) is 57.0 Å². The van der Waals surface area contributed by atoms with Crippen molar-refractivity contribution in [2.75, 3.05) is 32.7 Å². The van der Waals surface area contributed by atoms with E-state index in [9.17, 15) is 22.8 Å². The number of alkyl halides is 3. The molecule has 1 aromatic carbocycles. The van der Waals surface area contributed by atoms with Crippen molar-refractivity contribution in [3.63, 3.8) is 0 Å². The molecule has 3 atom stereocenters. The molecule has 2 saturated heterocycles. The van der Waals surface area contributed by atoms with Gasteiger partial charge in [-0.05, 0) is 49.5 Å². The van der Waals surface area contributed by atoms with Gasteiger partial charge in [0.05, 0.1) is 6.04 Å². The zero-order valence-corrected chi connectivity index (χ0v) is 23.0. The number of carbonyl (C=O) groups is 3. The molecule has 10 heteroatoms. The molecular weight excluding hydrogens is 511 g/mol. The van der Waals surface area contributed by atoms with Gasteiger partial charge in [0.15, 0.2) is 0 Å². The highest BCUT2D eigenvalue weighted by molar-refractivity contribution is 5.79. The molecule has 2 N–H and O–H groups in total. The first kappa shape index (κ1) is 30.9. The van der Waals surface area contributed by atoms with Crippen molar-refractivity contribution in [2.24, 2.45) is 23.7 Å². The molecule has 2 unspecified atom stereocenters. The van der Waals surface area contributed by atoms with Gasteiger partial charge in [0.25, 0.3) is 0 Å². The van der Waals surface area contributed by atoms with Crippen molar-refractivity contribution in [3.8, 4) is 0 Å². The lowest BCUT2D eigenvalue weighted by atomic mass is 10.0. The molecule has 39 heavy (non-hydrogen) atoms. The molecule has 7 nitrogen and oxygen atoms in total. The smallest absolute Gasteiger partial charge is 0.475 e. The van der Waals surface area contributed by atoms with E-state index >= 15 is 0 Å². The number of carboxylic acid groups (broad SMARTS) is 1. The van der Waals surface area contributed by atoms with Gasteiger partial charge < -0.3 is 20.2 Å². The molecule has 2 amide bonds. The third-order valence-corrected chi connectivity index (χ3v) is 8.43. The van der Waals surface area contributed by atoms with Crippen LogP contribution in [0.25, 0.3) is 0 Å². The Hall–Kier alpha value is -2.62. The first-order valence-electron chi connectivity index (χ1n) is 14.2. The zero-order chi connectivity index (χ0) is 28.6. The van der Waals surface area contributed by atoms with E-state index in [1.165, 1.54) is 18.4 Å². The van der Waals surface area contributed by atoms with Crippen molar-refractivity contribution in [2.45, 2.75) is 71.0 Å². The highest BCUT2D eigenvalue weighted by Gasteiger charge is 2.42. The van der Waals surface area contributed by atoms with Crippen LogP contribution in [-0.2, 0) is 14.4 Å². The van der Waals surface area contributed by atoms with Crippen LogP contribution in [0.5, 0.6) is 0 Å². The summed E-state index contributed by atoms with van der Waals surface area (Å²) in [6, 6.07) is 10.5. The Morgan fingerprint density at radius 2 is 1.51 bits per heavy atom. The molecular formula is C29H42F3N3O4. The van der Waals surface area contributed by atoms with Crippen LogP contribution >= 0.6 is 0 Å². The number of likely N-dealkylation sites (tertiary alicyclic amines) is 2. The summed E-state index contributed by atoms with van der Waals surface area (Å²) in [7, 11) is 0. The number of halogens is 3. The third-order valence-electron chi connectivity index (χ3n) is 8.43. The molecule has 0 radical (unpaired) electrons. The number of nitrogens with one attached hydrogen (secondary N) is 1. The minimum atomic E-state index is -5.08. The van der Waals surface area contributed by atoms with E-state index in [1.54, 1.807) is 0 Å². The van der Waals surface area contributed by atoms with Crippen LogP contribution in [0.4, 0.5) is 13.2 Å². The predicted octanol–water partition coefficient (Wildman–Crippen LogP) is 4.88. The summed E-state index contributed by atoms with van der Waals surface area (Å²) >= 11 is 0. The lowest BCUT2D eigenvalue weighted by Gasteiger charge is -2.26. The van der Waals surface area contributed by atoms with Crippen LogP contribution in [0.15, 0.2) is 30.3 Å². The average Bonchev–Trinajstić information content (AvgIpc) is 3.65. The van der Waals surface area contributed by atoms with Gasteiger partial charge in [-0.25, -0.2) is 4.79 Å². The van der Waals surface area contributed by atoms with Crippen LogP contribution < -0.4 is 5.32 Å². The van der Waals surface area contributed by atoms with E-state index in [-0.39, 0.29) is 23.8 Å². The second kappa shape index (κ2) is 14.1. The lowest BCUT2D eigenvalue weighted by molar-refractivity contribution is -0.192. The Balaban J connectivity index is 0.000000532. The number of hydrogen-bond acceptors (Lipinski definition) is 4. The number of carbonyl (C=O) groups excluding carboxylic acids is 2. The van der Waals surface area contributed by atoms with Crippen LogP contribution in [0.1, 0.15) is 70.4 Å². The number of benzene rings is 1. The summed E-state index contributed by atoms with van der Waals surface area (Å²) in [5, 5.41) is 10.5. The number of aliphatic carboxylic acids is 1. The highest BCUT2D eigenvalue weighted by atomic mass is 19.4. The van der Waals surface area contributed by atoms with Crippen LogP contribution in [-0.4, -0.2) is 71.6 Å². The number of rotatable bonds is 9. The van der Waals surface area contributed by atoms with Gasteiger partial charge in [-0.15, -0.1) is 0 Å². The number of hydrogen-bond donors (Lipinski definition) is 2. The summed E-state index contributed by atoms with van der Waals surface area (Å²) in [5.74, 6) is -0.536. The topological polar surface area (TPSA) is 90.0 Å². The Labute approximate surface area is 229 Å². The van der Waals surface area contributed by atoms with E-state index in [0.717, 1.165) is 64.8 Å².